The van der Waals surface area contributed by atoms with Crippen LogP contribution in [0.25, 0.3) is 11.1 Å². The molecular weight excluding hydrogens is 400 g/mol. The average molecular weight is 431 g/mol. The number of anilines is 1. The van der Waals surface area contributed by atoms with Crippen LogP contribution < -0.4 is 10.1 Å². The van der Waals surface area contributed by atoms with Crippen molar-refractivity contribution in [3.63, 3.8) is 0 Å². The summed E-state index contributed by atoms with van der Waals surface area (Å²) in [4.78, 5) is 21.7. The Bertz CT molecular complexity index is 1000. The normalized spacial score (nSPS) is 14.8. The summed E-state index contributed by atoms with van der Waals surface area (Å²) >= 11 is 0. The zero-order chi connectivity index (χ0) is 22.2. The first-order valence-electron chi connectivity index (χ1n) is 11.1. The zero-order valence-corrected chi connectivity index (χ0v) is 18.5. The molecule has 166 valence electrons. The van der Waals surface area contributed by atoms with Crippen LogP contribution >= 0.6 is 0 Å². The highest BCUT2D eigenvalue weighted by atomic mass is 16.5. The number of aromatic nitrogens is 1. The van der Waals surface area contributed by atoms with E-state index >= 15 is 0 Å². The first kappa shape index (κ1) is 22.0. The summed E-state index contributed by atoms with van der Waals surface area (Å²) in [6.45, 7) is 6.30. The van der Waals surface area contributed by atoms with Gasteiger partial charge in [-0.1, -0.05) is 30.3 Å². The second-order valence-electron chi connectivity index (χ2n) is 8.12. The van der Waals surface area contributed by atoms with Gasteiger partial charge in [0.1, 0.15) is 11.4 Å². The Morgan fingerprint density at radius 1 is 0.969 bits per heavy atom. The van der Waals surface area contributed by atoms with Crippen molar-refractivity contribution in [3.05, 3.63) is 78.6 Å². The fourth-order valence-corrected chi connectivity index (χ4v) is 3.74. The lowest BCUT2D eigenvalue weighted by Gasteiger charge is -2.32. The van der Waals surface area contributed by atoms with Gasteiger partial charge in [0.05, 0.1) is 6.61 Å². The molecule has 0 bridgehead atoms. The second kappa shape index (κ2) is 10.9. The topological polar surface area (TPSA) is 57.7 Å². The molecule has 1 saturated heterocycles. The maximum absolute atomic E-state index is 12.7. The van der Waals surface area contributed by atoms with Crippen LogP contribution in [-0.2, 0) is 0 Å². The third kappa shape index (κ3) is 6.15. The molecule has 2 heterocycles. The lowest BCUT2D eigenvalue weighted by molar-refractivity contribution is 0.102. The minimum atomic E-state index is -0.233. The van der Waals surface area contributed by atoms with E-state index in [0.29, 0.717) is 18.0 Å². The second-order valence-corrected chi connectivity index (χ2v) is 8.12. The molecule has 0 atom stereocenters. The molecule has 1 aliphatic rings. The van der Waals surface area contributed by atoms with Gasteiger partial charge < -0.3 is 19.9 Å². The largest absolute Gasteiger partial charge is 0.494 e. The van der Waals surface area contributed by atoms with Crippen LogP contribution in [0.15, 0.2) is 72.9 Å². The number of benzene rings is 2. The Balaban J connectivity index is 1.25. The predicted octanol–water partition coefficient (Wildman–Crippen LogP) is 4.02. The molecule has 0 radical (unpaired) electrons. The molecule has 0 unspecified atom stereocenters. The van der Waals surface area contributed by atoms with Crippen LogP contribution in [0, 0.1) is 0 Å². The molecule has 0 saturated carbocycles. The molecule has 1 amide bonds. The van der Waals surface area contributed by atoms with Crippen LogP contribution in [0.5, 0.6) is 5.75 Å². The molecule has 0 spiro atoms. The number of amides is 1. The molecular formula is C26H30N4O2. The fraction of sp³-hybridized carbons (Fsp3) is 0.308. The van der Waals surface area contributed by atoms with Gasteiger partial charge in [-0.15, -0.1) is 0 Å². The van der Waals surface area contributed by atoms with Gasteiger partial charge in [0.25, 0.3) is 5.91 Å². The molecule has 0 aliphatic carbocycles. The van der Waals surface area contributed by atoms with E-state index in [1.54, 1.807) is 6.20 Å². The summed E-state index contributed by atoms with van der Waals surface area (Å²) in [5.41, 5.74) is 3.12. The standard InChI is InChI=1S/C26H30N4O2/c1-29-15-17-30(18-16-29)14-5-19-32-24-10-8-23(9-11-24)28-26(31)25-20-22(12-13-27-25)21-6-3-2-4-7-21/h2-4,6-13,20H,5,14-19H2,1H3,(H,28,31). The summed E-state index contributed by atoms with van der Waals surface area (Å²) in [5, 5.41) is 2.91. The summed E-state index contributed by atoms with van der Waals surface area (Å²) < 4.78 is 5.87. The molecule has 1 aromatic heterocycles. The highest BCUT2D eigenvalue weighted by Crippen LogP contribution is 2.20. The summed E-state index contributed by atoms with van der Waals surface area (Å²) in [6, 6.07) is 21.2. The van der Waals surface area contributed by atoms with E-state index in [0.717, 1.165) is 56.0 Å². The molecule has 2 aromatic carbocycles. The molecule has 4 rings (SSSR count). The quantitative estimate of drug-likeness (QED) is 0.547. The van der Waals surface area contributed by atoms with Gasteiger partial charge in [-0.3, -0.25) is 9.78 Å². The fourth-order valence-electron chi connectivity index (χ4n) is 3.74. The highest BCUT2D eigenvalue weighted by Gasteiger charge is 2.13. The minimum Gasteiger partial charge on any atom is -0.494 e. The van der Waals surface area contributed by atoms with Crippen LogP contribution in [0.4, 0.5) is 5.69 Å². The van der Waals surface area contributed by atoms with E-state index in [1.807, 2.05) is 66.7 Å². The molecule has 6 heteroatoms. The van der Waals surface area contributed by atoms with E-state index in [2.05, 4.69) is 27.1 Å². The third-order valence-electron chi connectivity index (χ3n) is 5.70. The van der Waals surface area contributed by atoms with Gasteiger partial charge >= 0.3 is 0 Å². The Kier molecular flexibility index (Phi) is 7.48. The number of hydrogen-bond donors (Lipinski definition) is 1. The van der Waals surface area contributed by atoms with E-state index in [4.69, 9.17) is 4.74 Å². The predicted molar refractivity (Wildman–Crippen MR) is 128 cm³/mol. The number of carbonyl (C=O) groups excluding carboxylic acids is 1. The van der Waals surface area contributed by atoms with Crippen molar-refractivity contribution >= 4 is 11.6 Å². The van der Waals surface area contributed by atoms with Gasteiger partial charge in [-0.25, -0.2) is 0 Å². The molecule has 1 fully saturated rings. The van der Waals surface area contributed by atoms with Gasteiger partial charge in [0.2, 0.25) is 0 Å². The maximum Gasteiger partial charge on any atom is 0.274 e. The number of ether oxygens (including phenoxy) is 1. The molecule has 1 aliphatic heterocycles. The van der Waals surface area contributed by atoms with Crippen molar-refractivity contribution in [1.82, 2.24) is 14.8 Å². The lowest BCUT2D eigenvalue weighted by atomic mass is 10.1. The first-order chi connectivity index (χ1) is 15.7. The Hall–Kier alpha value is -3.22. The Labute approximate surface area is 189 Å². The number of carbonyl (C=O) groups is 1. The number of rotatable bonds is 8. The van der Waals surface area contributed by atoms with Crippen LogP contribution in [0.3, 0.4) is 0 Å². The monoisotopic (exact) mass is 430 g/mol. The van der Waals surface area contributed by atoms with E-state index in [1.165, 1.54) is 0 Å². The van der Waals surface area contributed by atoms with Crippen molar-refractivity contribution in [1.29, 1.82) is 0 Å². The van der Waals surface area contributed by atoms with E-state index < -0.39 is 0 Å². The lowest BCUT2D eigenvalue weighted by Crippen LogP contribution is -2.44. The van der Waals surface area contributed by atoms with Crippen molar-refractivity contribution in [2.45, 2.75) is 6.42 Å². The molecule has 32 heavy (non-hydrogen) atoms. The average Bonchev–Trinajstić information content (AvgIpc) is 2.84. The van der Waals surface area contributed by atoms with Crippen molar-refractivity contribution in [3.8, 4) is 16.9 Å². The third-order valence-corrected chi connectivity index (χ3v) is 5.70. The summed E-state index contributed by atoms with van der Waals surface area (Å²) in [6.07, 6.45) is 2.67. The van der Waals surface area contributed by atoms with Gasteiger partial charge in [-0.05, 0) is 61.0 Å². The van der Waals surface area contributed by atoms with Gasteiger partial charge in [-0.2, -0.15) is 0 Å². The number of piperazine rings is 1. The van der Waals surface area contributed by atoms with Crippen LogP contribution in [0.1, 0.15) is 16.9 Å². The smallest absolute Gasteiger partial charge is 0.274 e. The Morgan fingerprint density at radius 2 is 1.72 bits per heavy atom. The van der Waals surface area contributed by atoms with Crippen LogP contribution in [-0.4, -0.2) is 67.1 Å². The van der Waals surface area contributed by atoms with E-state index in [9.17, 15) is 4.79 Å². The van der Waals surface area contributed by atoms with E-state index in [-0.39, 0.29) is 5.91 Å². The zero-order valence-electron chi connectivity index (χ0n) is 18.5. The Morgan fingerprint density at radius 3 is 2.47 bits per heavy atom. The number of nitrogens with one attached hydrogen (secondary N) is 1. The van der Waals surface area contributed by atoms with Gasteiger partial charge in [0, 0.05) is 44.6 Å². The van der Waals surface area contributed by atoms with Crippen molar-refractivity contribution in [2.75, 3.05) is 51.7 Å². The summed E-state index contributed by atoms with van der Waals surface area (Å²) in [5.74, 6) is 0.578. The highest BCUT2D eigenvalue weighted by molar-refractivity contribution is 6.03. The number of hydrogen-bond acceptors (Lipinski definition) is 5. The molecule has 1 N–H and O–H groups in total. The van der Waals surface area contributed by atoms with Crippen molar-refractivity contribution < 1.29 is 9.53 Å². The SMILES string of the molecule is CN1CCN(CCCOc2ccc(NC(=O)c3cc(-c4ccccc4)ccn3)cc2)CC1. The molecule has 3 aromatic rings. The maximum atomic E-state index is 12.7. The minimum absolute atomic E-state index is 0.233. The van der Waals surface area contributed by atoms with Gasteiger partial charge in [0.15, 0.2) is 0 Å². The number of nitrogens with zero attached hydrogens (tertiary/aromatic N) is 3. The first-order valence-corrected chi connectivity index (χ1v) is 11.1. The molecule has 6 nitrogen and oxygen atoms in total. The van der Waals surface area contributed by atoms with Crippen LogP contribution in [0.2, 0.25) is 0 Å². The number of likely N-dealkylation sites (N-methyl/N-ethyl adjacent to an activating group) is 1. The van der Waals surface area contributed by atoms with Crippen molar-refractivity contribution in [2.24, 2.45) is 0 Å². The summed E-state index contributed by atoms with van der Waals surface area (Å²) in [7, 11) is 2.17. The number of pyridine rings is 1.